The van der Waals surface area contributed by atoms with Gasteiger partial charge in [-0.3, -0.25) is 4.79 Å². The van der Waals surface area contributed by atoms with Crippen LogP contribution in [-0.2, 0) is 0 Å². The number of carbonyl (C=O) groups excluding carboxylic acids is 1. The number of amides is 1. The maximum Gasteiger partial charge on any atom is 0.258 e. The first-order valence-electron chi connectivity index (χ1n) is 8.33. The number of rotatable bonds is 4. The molecule has 0 spiro atoms. The maximum absolute atomic E-state index is 12.6. The molecule has 4 rings (SSSR count). The number of methoxy groups -OCH3 is 2. The molecule has 0 bridgehead atoms. The largest absolute Gasteiger partial charge is 0.493 e. The van der Waals surface area contributed by atoms with E-state index < -0.39 is 0 Å². The van der Waals surface area contributed by atoms with Crippen molar-refractivity contribution in [2.45, 2.75) is 6.92 Å². The number of benzene rings is 2. The molecule has 6 nitrogen and oxygen atoms in total. The van der Waals surface area contributed by atoms with Crippen molar-refractivity contribution in [3.8, 4) is 28.7 Å². The van der Waals surface area contributed by atoms with Gasteiger partial charge in [-0.25, -0.2) is 0 Å². The molecule has 0 fully saturated rings. The van der Waals surface area contributed by atoms with Gasteiger partial charge < -0.3 is 23.8 Å². The minimum absolute atomic E-state index is 0.0688. The number of hydrogen-bond donors (Lipinski definition) is 0. The van der Waals surface area contributed by atoms with E-state index in [4.69, 9.17) is 18.9 Å². The molecule has 2 heterocycles. The predicted molar refractivity (Wildman–Crippen MR) is 97.2 cm³/mol. The Bertz CT molecular complexity index is 948. The number of nitrogens with zero attached hydrogens (tertiary/aromatic N) is 1. The molecule has 0 aliphatic carbocycles. The highest BCUT2D eigenvalue weighted by molar-refractivity contribution is 6.13. The zero-order valence-electron chi connectivity index (χ0n) is 15.1. The summed E-state index contributed by atoms with van der Waals surface area (Å²) in [5.41, 5.74) is 2.89. The van der Waals surface area contributed by atoms with E-state index >= 15 is 0 Å². The molecule has 0 radical (unpaired) electrons. The summed E-state index contributed by atoms with van der Waals surface area (Å²) in [6.07, 6.45) is 1.93. The molecule has 134 valence electrons. The highest BCUT2D eigenvalue weighted by Gasteiger charge is 2.37. The lowest BCUT2D eigenvalue weighted by Gasteiger charge is -2.18. The first kappa shape index (κ1) is 16.3. The molecule has 2 aromatic carbocycles. The molecule has 0 atom stereocenters. The molecule has 2 aliphatic rings. The van der Waals surface area contributed by atoms with E-state index in [-0.39, 0.29) is 5.91 Å². The topological polar surface area (TPSA) is 57.2 Å². The molecule has 2 aromatic rings. The lowest BCUT2D eigenvalue weighted by atomic mass is 10.0. The third-order valence-corrected chi connectivity index (χ3v) is 4.61. The van der Waals surface area contributed by atoms with Gasteiger partial charge in [0.15, 0.2) is 23.0 Å². The van der Waals surface area contributed by atoms with E-state index in [9.17, 15) is 4.79 Å². The average Bonchev–Trinajstić information content (AvgIpc) is 2.81. The molecule has 2 aliphatic heterocycles. The van der Waals surface area contributed by atoms with Crippen LogP contribution in [-0.4, -0.2) is 38.7 Å². The van der Waals surface area contributed by atoms with E-state index in [1.165, 1.54) is 0 Å². The van der Waals surface area contributed by atoms with Crippen LogP contribution < -0.4 is 18.9 Å². The third kappa shape index (κ3) is 2.15. The van der Waals surface area contributed by atoms with Gasteiger partial charge in [0.1, 0.15) is 0 Å². The van der Waals surface area contributed by atoms with Crippen LogP contribution in [0.5, 0.6) is 28.7 Å². The summed E-state index contributed by atoms with van der Waals surface area (Å²) in [5, 5.41) is 0. The van der Waals surface area contributed by atoms with E-state index in [1.54, 1.807) is 38.3 Å². The van der Waals surface area contributed by atoms with Crippen molar-refractivity contribution >= 4 is 17.7 Å². The van der Waals surface area contributed by atoms with Crippen molar-refractivity contribution < 1.29 is 23.7 Å². The Balaban J connectivity index is 2.03. The van der Waals surface area contributed by atoms with Crippen molar-refractivity contribution in [3.63, 3.8) is 0 Å². The van der Waals surface area contributed by atoms with E-state index in [2.05, 4.69) is 0 Å². The standard InChI is InChI=1S/C20H19NO5/c1-5-25-19-15(24-4)8-6-11-10-13-16-12(20(22)21(13)2)7-9-14(23-3)18(16)26-17(11)19/h6-10H,5H2,1-4H3. The van der Waals surface area contributed by atoms with Crippen LogP contribution in [0.2, 0.25) is 0 Å². The molecule has 26 heavy (non-hydrogen) atoms. The molecule has 0 N–H and O–H groups in total. The monoisotopic (exact) mass is 353 g/mol. The van der Waals surface area contributed by atoms with Gasteiger partial charge in [0.05, 0.1) is 37.7 Å². The quantitative estimate of drug-likeness (QED) is 0.837. The fourth-order valence-electron chi connectivity index (χ4n) is 3.35. The van der Waals surface area contributed by atoms with Crippen LogP contribution in [0, 0.1) is 0 Å². The van der Waals surface area contributed by atoms with Gasteiger partial charge in [0.2, 0.25) is 5.75 Å². The SMILES string of the molecule is CCOc1c(OC)ccc2c1Oc1c(OC)ccc3c1C(=C2)N(C)C3=O. The molecule has 6 heteroatoms. The molecule has 0 saturated heterocycles. The van der Waals surface area contributed by atoms with Crippen LogP contribution in [0.3, 0.4) is 0 Å². The van der Waals surface area contributed by atoms with Crippen LogP contribution in [0.4, 0.5) is 0 Å². The summed E-state index contributed by atoms with van der Waals surface area (Å²) in [6.45, 7) is 2.37. The van der Waals surface area contributed by atoms with Gasteiger partial charge in [-0.05, 0) is 37.3 Å². The third-order valence-electron chi connectivity index (χ3n) is 4.61. The minimum atomic E-state index is -0.0688. The average molecular weight is 353 g/mol. The summed E-state index contributed by atoms with van der Waals surface area (Å²) in [4.78, 5) is 14.2. The lowest BCUT2D eigenvalue weighted by Crippen LogP contribution is -2.16. The summed E-state index contributed by atoms with van der Waals surface area (Å²) in [6, 6.07) is 7.22. The Kier molecular flexibility index (Phi) is 3.76. The van der Waals surface area contributed by atoms with Gasteiger partial charge >= 0.3 is 0 Å². The zero-order chi connectivity index (χ0) is 18.4. The molecule has 0 aromatic heterocycles. The van der Waals surface area contributed by atoms with Crippen molar-refractivity contribution in [1.29, 1.82) is 0 Å². The van der Waals surface area contributed by atoms with Crippen LogP contribution in [0.25, 0.3) is 11.8 Å². The van der Waals surface area contributed by atoms with E-state index in [1.807, 2.05) is 25.1 Å². The number of ether oxygens (including phenoxy) is 4. The second kappa shape index (κ2) is 5.98. The second-order valence-corrected chi connectivity index (χ2v) is 5.96. The predicted octanol–water partition coefficient (Wildman–Crippen LogP) is 3.79. The highest BCUT2D eigenvalue weighted by Crippen LogP contribution is 2.52. The van der Waals surface area contributed by atoms with Gasteiger partial charge in [0.25, 0.3) is 5.91 Å². The fraction of sp³-hybridized carbons (Fsp3) is 0.250. The van der Waals surface area contributed by atoms with Crippen molar-refractivity contribution in [1.82, 2.24) is 4.90 Å². The Morgan fingerprint density at radius 2 is 1.77 bits per heavy atom. The first-order chi connectivity index (χ1) is 12.6. The molecule has 0 unspecified atom stereocenters. The normalized spacial score (nSPS) is 14.1. The fourth-order valence-corrected chi connectivity index (χ4v) is 3.35. The second-order valence-electron chi connectivity index (χ2n) is 5.96. The molecular weight excluding hydrogens is 334 g/mol. The van der Waals surface area contributed by atoms with Gasteiger partial charge in [-0.2, -0.15) is 0 Å². The minimum Gasteiger partial charge on any atom is -0.493 e. The van der Waals surface area contributed by atoms with Gasteiger partial charge in [0, 0.05) is 12.6 Å². The maximum atomic E-state index is 12.6. The van der Waals surface area contributed by atoms with E-state index in [0.717, 1.165) is 16.8 Å². The Morgan fingerprint density at radius 3 is 2.46 bits per heavy atom. The Morgan fingerprint density at radius 1 is 1.04 bits per heavy atom. The van der Waals surface area contributed by atoms with Crippen LogP contribution in [0.15, 0.2) is 24.3 Å². The Hall–Kier alpha value is -3.15. The lowest BCUT2D eigenvalue weighted by molar-refractivity contribution is 0.0875. The van der Waals surface area contributed by atoms with Gasteiger partial charge in [-0.1, -0.05) is 0 Å². The number of carbonyl (C=O) groups is 1. The van der Waals surface area contributed by atoms with Crippen molar-refractivity contribution in [2.24, 2.45) is 0 Å². The summed E-state index contributed by atoms with van der Waals surface area (Å²) < 4.78 is 23.0. The number of hydrogen-bond acceptors (Lipinski definition) is 5. The van der Waals surface area contributed by atoms with E-state index in [0.29, 0.717) is 40.9 Å². The molecular formula is C20H19NO5. The summed E-state index contributed by atoms with van der Waals surface area (Å²) in [7, 11) is 4.92. The Labute approximate surface area is 151 Å². The van der Waals surface area contributed by atoms with Gasteiger partial charge in [-0.15, -0.1) is 0 Å². The first-order valence-corrected chi connectivity index (χ1v) is 8.33. The summed E-state index contributed by atoms with van der Waals surface area (Å²) >= 11 is 0. The van der Waals surface area contributed by atoms with Crippen LogP contribution in [0.1, 0.15) is 28.4 Å². The smallest absolute Gasteiger partial charge is 0.258 e. The summed E-state index contributed by atoms with van der Waals surface area (Å²) in [5.74, 6) is 2.64. The number of fused-ring (bicyclic) bond motifs is 1. The molecule has 1 amide bonds. The van der Waals surface area contributed by atoms with Crippen LogP contribution >= 0.6 is 0 Å². The van der Waals surface area contributed by atoms with Crippen molar-refractivity contribution in [3.05, 3.63) is 41.0 Å². The highest BCUT2D eigenvalue weighted by atomic mass is 16.5. The zero-order valence-corrected chi connectivity index (χ0v) is 15.1. The molecule has 0 saturated carbocycles. The van der Waals surface area contributed by atoms with Crippen molar-refractivity contribution in [2.75, 3.05) is 27.9 Å².